The lowest BCUT2D eigenvalue weighted by Gasteiger charge is -2.31. The molecule has 0 bridgehead atoms. The molecule has 2 atom stereocenters. The molecule has 0 fully saturated rings. The molecule has 5 rings (SSSR count). The summed E-state index contributed by atoms with van der Waals surface area (Å²) in [5, 5.41) is 4.67. The highest BCUT2D eigenvalue weighted by Gasteiger charge is 2.43. The predicted molar refractivity (Wildman–Crippen MR) is 147 cm³/mol. The van der Waals surface area contributed by atoms with Gasteiger partial charge in [-0.25, -0.2) is 0 Å². The molecule has 41 heavy (non-hydrogen) atoms. The van der Waals surface area contributed by atoms with Crippen molar-refractivity contribution in [3.05, 3.63) is 70.3 Å². The SMILES string of the molecule is Nc1c(S(=O)(=O)O)cc(Nc2ccc(S(=O)(=O)O)c(Nc3nc(Cl)nc(Cl)n3)c2)c2c1C(=O)C1C=CC=CC1C2=O. The number of nitrogen functional groups attached to an aromatic ring is 1. The maximum atomic E-state index is 13.6. The quantitative estimate of drug-likeness (QED) is 0.192. The van der Waals surface area contributed by atoms with Crippen LogP contribution in [-0.4, -0.2) is 52.5 Å². The van der Waals surface area contributed by atoms with Crippen LogP contribution < -0.4 is 16.4 Å². The van der Waals surface area contributed by atoms with Gasteiger partial charge >= 0.3 is 0 Å². The molecule has 14 nitrogen and oxygen atoms in total. The zero-order valence-electron chi connectivity index (χ0n) is 20.1. The van der Waals surface area contributed by atoms with Crippen molar-refractivity contribution in [3.8, 4) is 0 Å². The lowest BCUT2D eigenvalue weighted by molar-refractivity contribution is 0.0803. The summed E-state index contributed by atoms with van der Waals surface area (Å²) in [4.78, 5) is 36.6. The van der Waals surface area contributed by atoms with E-state index in [1.807, 2.05) is 0 Å². The van der Waals surface area contributed by atoms with Gasteiger partial charge in [0.2, 0.25) is 16.5 Å². The van der Waals surface area contributed by atoms with Crippen molar-refractivity contribution in [1.29, 1.82) is 0 Å². The van der Waals surface area contributed by atoms with Crippen LogP contribution in [0.1, 0.15) is 20.7 Å². The van der Waals surface area contributed by atoms with Gasteiger partial charge in [-0.15, -0.1) is 0 Å². The van der Waals surface area contributed by atoms with Gasteiger partial charge < -0.3 is 16.4 Å². The monoisotopic (exact) mass is 638 g/mol. The van der Waals surface area contributed by atoms with Crippen LogP contribution in [0.4, 0.5) is 28.7 Å². The van der Waals surface area contributed by atoms with Gasteiger partial charge in [-0.1, -0.05) is 24.3 Å². The minimum absolute atomic E-state index is 0.0286. The Balaban J connectivity index is 1.68. The van der Waals surface area contributed by atoms with E-state index in [1.165, 1.54) is 18.2 Å². The van der Waals surface area contributed by atoms with Crippen molar-refractivity contribution in [2.75, 3.05) is 16.4 Å². The number of carbonyl (C=O) groups is 2. The van der Waals surface area contributed by atoms with Crippen LogP contribution in [0.25, 0.3) is 0 Å². The molecule has 0 spiro atoms. The number of nitrogens with one attached hydrogen (secondary N) is 2. The van der Waals surface area contributed by atoms with Crippen LogP contribution in [0, 0.1) is 11.8 Å². The Labute approximate surface area is 241 Å². The third-order valence-electron chi connectivity index (χ3n) is 6.20. The molecule has 0 aliphatic heterocycles. The number of carbonyl (C=O) groups excluding carboxylic acids is 2. The molecule has 2 unspecified atom stereocenters. The third kappa shape index (κ3) is 5.40. The number of aromatic nitrogens is 3. The van der Waals surface area contributed by atoms with E-state index in [4.69, 9.17) is 28.9 Å². The summed E-state index contributed by atoms with van der Waals surface area (Å²) in [5.41, 5.74) is 4.29. The van der Waals surface area contributed by atoms with Crippen molar-refractivity contribution in [1.82, 2.24) is 15.0 Å². The fourth-order valence-electron chi connectivity index (χ4n) is 4.53. The van der Waals surface area contributed by atoms with E-state index in [1.54, 1.807) is 12.2 Å². The van der Waals surface area contributed by atoms with Gasteiger partial charge in [0.05, 0.1) is 40.0 Å². The molecule has 0 saturated carbocycles. The van der Waals surface area contributed by atoms with Crippen LogP contribution in [-0.2, 0) is 20.2 Å². The molecule has 2 aromatic carbocycles. The molecule has 1 aromatic heterocycles. The Hall–Kier alpha value is -3.93. The Morgan fingerprint density at radius 1 is 0.756 bits per heavy atom. The minimum atomic E-state index is -4.97. The van der Waals surface area contributed by atoms with Gasteiger partial charge in [0, 0.05) is 5.69 Å². The molecule has 212 valence electrons. The topological polar surface area (TPSA) is 232 Å². The zero-order chi connectivity index (χ0) is 29.9. The summed E-state index contributed by atoms with van der Waals surface area (Å²) in [7, 11) is -9.78. The summed E-state index contributed by atoms with van der Waals surface area (Å²) < 4.78 is 67.9. The Bertz CT molecular complexity index is 1930. The second kappa shape index (κ2) is 10.2. The van der Waals surface area contributed by atoms with Gasteiger partial charge in [0.1, 0.15) is 9.79 Å². The lowest BCUT2D eigenvalue weighted by Crippen LogP contribution is -2.37. The van der Waals surface area contributed by atoms with Gasteiger partial charge in [0.15, 0.2) is 11.6 Å². The zero-order valence-corrected chi connectivity index (χ0v) is 23.3. The first-order valence-corrected chi connectivity index (χ1v) is 14.9. The molecule has 6 N–H and O–H groups in total. The number of hydrogen-bond acceptors (Lipinski definition) is 12. The number of Topliss-reactive ketones (excluding diaryl/α,β-unsaturated/α-hetero) is 2. The summed E-state index contributed by atoms with van der Waals surface area (Å²) in [5.74, 6) is -3.31. The summed E-state index contributed by atoms with van der Waals surface area (Å²) in [6.45, 7) is 0. The maximum absolute atomic E-state index is 13.6. The number of ketones is 2. The van der Waals surface area contributed by atoms with Crippen molar-refractivity contribution < 1.29 is 35.5 Å². The molecule has 3 aromatic rings. The molecule has 0 amide bonds. The average molecular weight is 639 g/mol. The van der Waals surface area contributed by atoms with Crippen molar-refractivity contribution >= 4 is 83.7 Å². The van der Waals surface area contributed by atoms with Crippen LogP contribution in [0.2, 0.25) is 10.6 Å². The Morgan fingerprint density at radius 2 is 1.32 bits per heavy atom. The lowest BCUT2D eigenvalue weighted by atomic mass is 9.71. The molecule has 2 aliphatic rings. The molecular formula is C23H16Cl2N6O8S2. The van der Waals surface area contributed by atoms with E-state index in [-0.39, 0.29) is 39.1 Å². The predicted octanol–water partition coefficient (Wildman–Crippen LogP) is 3.48. The van der Waals surface area contributed by atoms with E-state index in [0.29, 0.717) is 0 Å². The largest absolute Gasteiger partial charge is 0.397 e. The van der Waals surface area contributed by atoms with E-state index in [2.05, 4.69) is 25.6 Å². The number of benzene rings is 2. The Kier molecular flexibility index (Phi) is 7.09. The molecule has 0 saturated heterocycles. The third-order valence-corrected chi connectivity index (χ3v) is 8.35. The van der Waals surface area contributed by atoms with Crippen LogP contribution in [0.3, 0.4) is 0 Å². The fourth-order valence-corrected chi connectivity index (χ4v) is 6.17. The Morgan fingerprint density at radius 3 is 1.88 bits per heavy atom. The van der Waals surface area contributed by atoms with Crippen molar-refractivity contribution in [3.63, 3.8) is 0 Å². The maximum Gasteiger partial charge on any atom is 0.296 e. The normalized spacial score (nSPS) is 18.1. The number of hydrogen-bond donors (Lipinski definition) is 5. The summed E-state index contributed by atoms with van der Waals surface area (Å²) in [6, 6.07) is 4.19. The van der Waals surface area contributed by atoms with E-state index < -0.39 is 64.7 Å². The fraction of sp³-hybridized carbons (Fsp3) is 0.0870. The number of halogens is 2. The van der Waals surface area contributed by atoms with E-state index >= 15 is 0 Å². The standard InChI is InChI=1S/C23H16Cl2N6O8S2/c24-21-29-22(25)31-23(30-21)28-12-7-9(5-6-14(12)40(34,35)36)27-13-8-15(41(37,38)39)18(26)17-16(13)19(32)10-3-1-2-4-11(10)20(17)33/h1-8,10-11,27H,26H2,(H,34,35,36)(H,37,38,39)(H,28,29,30,31). The van der Waals surface area contributed by atoms with Gasteiger partial charge in [-0.3, -0.25) is 18.7 Å². The number of nitrogens with zero attached hydrogens (tertiary/aromatic N) is 3. The van der Waals surface area contributed by atoms with Gasteiger partial charge in [-0.2, -0.15) is 31.8 Å². The second-order valence-corrected chi connectivity index (χ2v) is 12.2. The second-order valence-electron chi connectivity index (χ2n) is 8.74. The molecule has 18 heteroatoms. The van der Waals surface area contributed by atoms with Crippen molar-refractivity contribution in [2.45, 2.75) is 9.79 Å². The van der Waals surface area contributed by atoms with Gasteiger partial charge in [-0.05, 0) is 47.5 Å². The smallest absolute Gasteiger partial charge is 0.296 e. The summed E-state index contributed by atoms with van der Waals surface area (Å²) >= 11 is 11.6. The molecule has 2 aliphatic carbocycles. The average Bonchev–Trinajstić information content (AvgIpc) is 2.86. The van der Waals surface area contributed by atoms with E-state index in [9.17, 15) is 35.5 Å². The van der Waals surface area contributed by atoms with E-state index in [0.717, 1.165) is 18.2 Å². The first-order chi connectivity index (χ1) is 19.1. The highest BCUT2D eigenvalue weighted by molar-refractivity contribution is 7.86. The van der Waals surface area contributed by atoms with Gasteiger partial charge in [0.25, 0.3) is 20.2 Å². The minimum Gasteiger partial charge on any atom is -0.397 e. The number of allylic oxidation sites excluding steroid dienone is 4. The van der Waals surface area contributed by atoms with Crippen LogP contribution in [0.15, 0.2) is 58.4 Å². The number of nitrogens with two attached hydrogens (primary N) is 1. The molecular weight excluding hydrogens is 623 g/mol. The first-order valence-electron chi connectivity index (χ1n) is 11.2. The number of fused-ring (bicyclic) bond motifs is 2. The highest BCUT2D eigenvalue weighted by Crippen LogP contribution is 2.43. The number of anilines is 5. The molecule has 0 radical (unpaired) electrons. The summed E-state index contributed by atoms with van der Waals surface area (Å²) in [6.07, 6.45) is 6.17. The first kappa shape index (κ1) is 28.6. The number of rotatable bonds is 6. The highest BCUT2D eigenvalue weighted by atomic mass is 35.5. The van der Waals surface area contributed by atoms with Crippen LogP contribution in [0.5, 0.6) is 0 Å². The van der Waals surface area contributed by atoms with Crippen molar-refractivity contribution in [2.24, 2.45) is 11.8 Å². The van der Waals surface area contributed by atoms with Crippen LogP contribution >= 0.6 is 23.2 Å². The molecule has 1 heterocycles.